The van der Waals surface area contributed by atoms with E-state index in [1.165, 1.54) is 31.9 Å². The van der Waals surface area contributed by atoms with E-state index in [1.54, 1.807) is 6.07 Å². The summed E-state index contributed by atoms with van der Waals surface area (Å²) in [5.74, 6) is 0. The fraction of sp³-hybridized carbons (Fsp3) is 0.533. The zero-order valence-electron chi connectivity index (χ0n) is 11.9. The Kier molecular flexibility index (Phi) is 3.76. The summed E-state index contributed by atoms with van der Waals surface area (Å²) in [5, 5.41) is 20.0. The van der Waals surface area contributed by atoms with Crippen molar-refractivity contribution in [2.24, 2.45) is 0 Å². The predicted molar refractivity (Wildman–Crippen MR) is 79.2 cm³/mol. The number of nitro groups is 1. The first-order valence-electron chi connectivity index (χ1n) is 7.36. The van der Waals surface area contributed by atoms with Crippen LogP contribution in [0.15, 0.2) is 18.2 Å². The Labute approximate surface area is 123 Å². The standard InChI is InChI=1S/C15H18N4O2/c16-10-12-4-5-13(9-15(12)19(20)21)18-8-7-17-6-2-1-3-14(17)11-18/h4-5,9,14H,1-3,6-8,11H2. The van der Waals surface area contributed by atoms with Gasteiger partial charge in [-0.25, -0.2) is 0 Å². The maximum atomic E-state index is 11.1. The van der Waals surface area contributed by atoms with Crippen LogP contribution in [-0.2, 0) is 0 Å². The molecule has 0 radical (unpaired) electrons. The second-order valence-corrected chi connectivity index (χ2v) is 5.70. The number of fused-ring (bicyclic) bond motifs is 1. The maximum Gasteiger partial charge on any atom is 0.289 e. The Hall–Kier alpha value is -2.13. The first kappa shape index (κ1) is 13.8. The SMILES string of the molecule is N#Cc1ccc(N2CCN3CCCCC3C2)cc1[N+](=O)[O-]. The molecule has 2 fully saturated rings. The quantitative estimate of drug-likeness (QED) is 0.615. The second kappa shape index (κ2) is 5.70. The van der Waals surface area contributed by atoms with Crippen molar-refractivity contribution in [2.75, 3.05) is 31.1 Å². The van der Waals surface area contributed by atoms with Crippen molar-refractivity contribution in [3.05, 3.63) is 33.9 Å². The highest BCUT2D eigenvalue weighted by Gasteiger charge is 2.29. The number of nitro benzene ring substituents is 1. The topological polar surface area (TPSA) is 73.4 Å². The molecule has 0 N–H and O–H groups in total. The van der Waals surface area contributed by atoms with Crippen LogP contribution in [0.1, 0.15) is 24.8 Å². The highest BCUT2D eigenvalue weighted by atomic mass is 16.6. The van der Waals surface area contributed by atoms with Gasteiger partial charge in [0, 0.05) is 37.4 Å². The van der Waals surface area contributed by atoms with Gasteiger partial charge in [-0.05, 0) is 31.5 Å². The smallest absolute Gasteiger partial charge is 0.289 e. The molecule has 0 aliphatic carbocycles. The van der Waals surface area contributed by atoms with Crippen LogP contribution in [0, 0.1) is 21.4 Å². The minimum Gasteiger partial charge on any atom is -0.368 e. The molecule has 0 amide bonds. The Morgan fingerprint density at radius 3 is 2.90 bits per heavy atom. The van der Waals surface area contributed by atoms with Gasteiger partial charge in [-0.15, -0.1) is 0 Å². The van der Waals surface area contributed by atoms with Crippen LogP contribution in [0.4, 0.5) is 11.4 Å². The summed E-state index contributed by atoms with van der Waals surface area (Å²) in [6, 6.07) is 7.36. The molecule has 1 aromatic rings. The fourth-order valence-electron chi connectivity index (χ4n) is 3.35. The van der Waals surface area contributed by atoms with E-state index in [9.17, 15) is 10.1 Å². The summed E-state index contributed by atoms with van der Waals surface area (Å²) in [6.45, 7) is 3.99. The largest absolute Gasteiger partial charge is 0.368 e. The minimum atomic E-state index is -0.473. The van der Waals surface area contributed by atoms with E-state index in [1.807, 2.05) is 12.1 Å². The van der Waals surface area contributed by atoms with Gasteiger partial charge in [-0.1, -0.05) is 6.42 Å². The number of rotatable bonds is 2. The van der Waals surface area contributed by atoms with Gasteiger partial charge in [0.15, 0.2) is 0 Å². The molecular weight excluding hydrogens is 268 g/mol. The molecule has 6 heteroatoms. The Balaban J connectivity index is 1.82. The van der Waals surface area contributed by atoms with Gasteiger partial charge in [0.1, 0.15) is 11.6 Å². The third-order valence-corrected chi connectivity index (χ3v) is 4.50. The lowest BCUT2D eigenvalue weighted by Gasteiger charge is -2.44. The molecule has 2 heterocycles. The lowest BCUT2D eigenvalue weighted by Crippen LogP contribution is -2.54. The van der Waals surface area contributed by atoms with Gasteiger partial charge >= 0.3 is 0 Å². The molecule has 6 nitrogen and oxygen atoms in total. The predicted octanol–water partition coefficient (Wildman–Crippen LogP) is 2.14. The van der Waals surface area contributed by atoms with Crippen molar-refractivity contribution in [2.45, 2.75) is 25.3 Å². The van der Waals surface area contributed by atoms with E-state index < -0.39 is 4.92 Å². The van der Waals surface area contributed by atoms with Crippen molar-refractivity contribution >= 4 is 11.4 Å². The molecule has 0 saturated carbocycles. The van der Waals surface area contributed by atoms with Crippen molar-refractivity contribution in [1.82, 2.24) is 4.90 Å². The second-order valence-electron chi connectivity index (χ2n) is 5.70. The molecule has 1 aromatic carbocycles. The number of anilines is 1. The lowest BCUT2D eigenvalue weighted by atomic mass is 9.99. The molecule has 21 heavy (non-hydrogen) atoms. The van der Waals surface area contributed by atoms with Gasteiger partial charge in [0.05, 0.1) is 4.92 Å². The van der Waals surface area contributed by atoms with Crippen LogP contribution in [0.5, 0.6) is 0 Å². The number of piperazine rings is 1. The van der Waals surface area contributed by atoms with Crippen LogP contribution in [0.2, 0.25) is 0 Å². The molecular formula is C15H18N4O2. The third-order valence-electron chi connectivity index (χ3n) is 4.50. The number of hydrogen-bond donors (Lipinski definition) is 0. The maximum absolute atomic E-state index is 11.1. The summed E-state index contributed by atoms with van der Waals surface area (Å²) in [5.41, 5.74) is 0.882. The first-order chi connectivity index (χ1) is 10.2. The van der Waals surface area contributed by atoms with Crippen LogP contribution in [-0.4, -0.2) is 42.0 Å². The van der Waals surface area contributed by atoms with Gasteiger partial charge in [0.25, 0.3) is 5.69 Å². The molecule has 2 aliphatic heterocycles. The summed E-state index contributed by atoms with van der Waals surface area (Å²) in [7, 11) is 0. The summed E-state index contributed by atoms with van der Waals surface area (Å²) < 4.78 is 0. The summed E-state index contributed by atoms with van der Waals surface area (Å²) in [4.78, 5) is 15.3. The van der Waals surface area contributed by atoms with Crippen molar-refractivity contribution in [3.63, 3.8) is 0 Å². The van der Waals surface area contributed by atoms with Gasteiger partial charge < -0.3 is 4.90 Å². The molecule has 1 unspecified atom stereocenters. The Morgan fingerprint density at radius 2 is 2.14 bits per heavy atom. The number of benzene rings is 1. The highest BCUT2D eigenvalue weighted by molar-refractivity contribution is 5.60. The Morgan fingerprint density at radius 1 is 1.29 bits per heavy atom. The van der Waals surface area contributed by atoms with E-state index >= 15 is 0 Å². The zero-order valence-corrected chi connectivity index (χ0v) is 11.9. The van der Waals surface area contributed by atoms with E-state index in [0.29, 0.717) is 6.04 Å². The van der Waals surface area contributed by atoms with Gasteiger partial charge in [-0.2, -0.15) is 5.26 Å². The highest BCUT2D eigenvalue weighted by Crippen LogP contribution is 2.29. The van der Waals surface area contributed by atoms with E-state index in [2.05, 4.69) is 9.80 Å². The van der Waals surface area contributed by atoms with E-state index in [0.717, 1.165) is 25.3 Å². The van der Waals surface area contributed by atoms with Crippen LogP contribution < -0.4 is 4.90 Å². The van der Waals surface area contributed by atoms with Crippen molar-refractivity contribution in [3.8, 4) is 6.07 Å². The molecule has 0 bridgehead atoms. The van der Waals surface area contributed by atoms with Crippen LogP contribution >= 0.6 is 0 Å². The summed E-state index contributed by atoms with van der Waals surface area (Å²) in [6.07, 6.45) is 3.75. The van der Waals surface area contributed by atoms with Gasteiger partial charge in [0.2, 0.25) is 0 Å². The van der Waals surface area contributed by atoms with Crippen molar-refractivity contribution < 1.29 is 4.92 Å². The number of nitriles is 1. The van der Waals surface area contributed by atoms with E-state index in [4.69, 9.17) is 5.26 Å². The average molecular weight is 286 g/mol. The van der Waals surface area contributed by atoms with Crippen molar-refractivity contribution in [1.29, 1.82) is 5.26 Å². The van der Waals surface area contributed by atoms with E-state index in [-0.39, 0.29) is 11.3 Å². The first-order valence-corrected chi connectivity index (χ1v) is 7.36. The molecule has 2 saturated heterocycles. The zero-order chi connectivity index (χ0) is 14.8. The number of piperidine rings is 1. The molecule has 2 aliphatic rings. The molecule has 0 aromatic heterocycles. The molecule has 3 rings (SSSR count). The number of nitrogens with zero attached hydrogens (tertiary/aromatic N) is 4. The Bertz CT molecular complexity index is 596. The normalized spacial score (nSPS) is 22.4. The third kappa shape index (κ3) is 2.69. The molecule has 0 spiro atoms. The van der Waals surface area contributed by atoms with Gasteiger partial charge in [-0.3, -0.25) is 15.0 Å². The fourth-order valence-corrected chi connectivity index (χ4v) is 3.35. The lowest BCUT2D eigenvalue weighted by molar-refractivity contribution is -0.385. The monoisotopic (exact) mass is 286 g/mol. The number of hydrogen-bond acceptors (Lipinski definition) is 5. The summed E-state index contributed by atoms with van der Waals surface area (Å²) >= 11 is 0. The average Bonchev–Trinajstić information content (AvgIpc) is 2.53. The molecule has 1 atom stereocenters. The molecule has 110 valence electrons. The van der Waals surface area contributed by atoms with Crippen LogP contribution in [0.25, 0.3) is 0 Å². The minimum absolute atomic E-state index is 0.0962. The van der Waals surface area contributed by atoms with Crippen LogP contribution in [0.3, 0.4) is 0 Å².